The molecule has 3 N–H and O–H groups in total. The van der Waals surface area contributed by atoms with Crippen LogP contribution in [0, 0.1) is 0 Å². The van der Waals surface area contributed by atoms with Gasteiger partial charge in [-0.2, -0.15) is 4.72 Å². The Morgan fingerprint density at radius 3 is 2.62 bits per heavy atom. The van der Waals surface area contributed by atoms with Crippen molar-refractivity contribution in [2.24, 2.45) is 0 Å². The number of carboxylic acid groups (broad SMARTS) is 1. The van der Waals surface area contributed by atoms with Gasteiger partial charge in [0.25, 0.3) is 0 Å². The van der Waals surface area contributed by atoms with Gasteiger partial charge in [0.1, 0.15) is 23.8 Å². The number of aliphatic carboxylic acids is 1. The van der Waals surface area contributed by atoms with Gasteiger partial charge < -0.3 is 19.6 Å². The Morgan fingerprint density at radius 1 is 1.12 bits per heavy atom. The minimum atomic E-state index is -4.08. The summed E-state index contributed by atoms with van der Waals surface area (Å²) in [6.07, 6.45) is 1.75. The van der Waals surface area contributed by atoms with Gasteiger partial charge in [-0.3, -0.25) is 4.79 Å². The average molecular weight is 461 g/mol. The Kier molecular flexibility index (Phi) is 7.49. The predicted molar refractivity (Wildman–Crippen MR) is 119 cm³/mol. The molecule has 2 aromatic carbocycles. The first-order valence-corrected chi connectivity index (χ1v) is 11.5. The van der Waals surface area contributed by atoms with E-state index >= 15 is 0 Å². The van der Waals surface area contributed by atoms with E-state index in [1.54, 1.807) is 12.1 Å². The number of nitrogens with one attached hydrogen (secondary N) is 2. The summed E-state index contributed by atoms with van der Waals surface area (Å²) in [6, 6.07) is 10.4. The molecular weight excluding hydrogens is 436 g/mol. The molecule has 1 heterocycles. The molecule has 1 unspecified atom stereocenters. The number of para-hydroxylation sites is 1. The molecule has 0 aliphatic carbocycles. The number of hydrogen-bond donors (Lipinski definition) is 3. The third-order valence-electron chi connectivity index (χ3n) is 4.78. The monoisotopic (exact) mass is 460 g/mol. The van der Waals surface area contributed by atoms with Crippen LogP contribution in [-0.4, -0.2) is 44.8 Å². The predicted octanol–water partition coefficient (Wildman–Crippen LogP) is 3.40. The van der Waals surface area contributed by atoms with Crippen LogP contribution in [0.5, 0.6) is 0 Å². The second-order valence-corrected chi connectivity index (χ2v) is 8.79. The first kappa shape index (κ1) is 23.3. The maximum Gasteiger partial charge on any atom is 0.407 e. The lowest BCUT2D eigenvalue weighted by atomic mass is 10.1. The molecule has 1 atom stereocenters. The van der Waals surface area contributed by atoms with E-state index in [0.717, 1.165) is 5.39 Å². The van der Waals surface area contributed by atoms with Crippen molar-refractivity contribution in [3.63, 3.8) is 0 Å². The van der Waals surface area contributed by atoms with Gasteiger partial charge >= 0.3 is 12.1 Å². The van der Waals surface area contributed by atoms with E-state index in [2.05, 4.69) is 16.6 Å². The lowest BCUT2D eigenvalue weighted by Gasteiger charge is -2.15. The van der Waals surface area contributed by atoms with E-state index in [1.807, 2.05) is 18.2 Å². The highest BCUT2D eigenvalue weighted by Crippen LogP contribution is 2.30. The Morgan fingerprint density at radius 2 is 1.88 bits per heavy atom. The third-order valence-corrected chi connectivity index (χ3v) is 6.24. The van der Waals surface area contributed by atoms with Crippen molar-refractivity contribution in [1.29, 1.82) is 0 Å². The molecule has 170 valence electrons. The largest absolute Gasteiger partial charge is 0.480 e. The Balaban J connectivity index is 1.64. The summed E-state index contributed by atoms with van der Waals surface area (Å²) in [5.41, 5.74) is 1.18. The quantitative estimate of drug-likeness (QED) is 0.295. The minimum absolute atomic E-state index is 0.0468. The van der Waals surface area contributed by atoms with Crippen molar-refractivity contribution in [2.45, 2.75) is 30.2 Å². The van der Waals surface area contributed by atoms with Crippen LogP contribution in [-0.2, 0) is 19.6 Å². The molecule has 0 saturated heterocycles. The van der Waals surface area contributed by atoms with Crippen LogP contribution in [0.1, 0.15) is 19.3 Å². The van der Waals surface area contributed by atoms with Crippen molar-refractivity contribution in [3.8, 4) is 0 Å². The summed E-state index contributed by atoms with van der Waals surface area (Å²) < 4.78 is 38.4. The molecule has 9 nitrogen and oxygen atoms in total. The standard InChI is InChI=1S/C22H24N2O7S/c1-2-13-30-22(27)23-12-6-5-8-18(21(25)26)24-32(28,29)15-10-11-20-17(14-15)16-7-3-4-9-19(16)31-20/h2-4,7,9-11,14,18,24H,1,5-6,8,12-13H2,(H,23,27)(H,25,26). The van der Waals surface area contributed by atoms with Crippen LogP contribution in [0.3, 0.4) is 0 Å². The summed E-state index contributed by atoms with van der Waals surface area (Å²) in [5, 5.41) is 13.4. The van der Waals surface area contributed by atoms with Gasteiger partial charge in [0, 0.05) is 17.3 Å². The van der Waals surface area contributed by atoms with Crippen LogP contribution in [0.2, 0.25) is 0 Å². The van der Waals surface area contributed by atoms with Crippen LogP contribution in [0.15, 0.2) is 64.4 Å². The van der Waals surface area contributed by atoms with Gasteiger partial charge in [0.05, 0.1) is 4.90 Å². The molecule has 1 aromatic heterocycles. The van der Waals surface area contributed by atoms with Crippen LogP contribution >= 0.6 is 0 Å². The molecule has 0 aliphatic rings. The number of carbonyl (C=O) groups is 2. The lowest BCUT2D eigenvalue weighted by molar-refractivity contribution is -0.139. The van der Waals surface area contributed by atoms with Gasteiger partial charge in [-0.05, 0) is 43.5 Å². The number of carboxylic acids is 1. The molecule has 0 fully saturated rings. The number of alkyl carbamates (subject to hydrolysis) is 1. The SMILES string of the molecule is C=CCOC(=O)NCCCCC(NS(=O)(=O)c1ccc2oc3ccccc3c2c1)C(=O)O. The topological polar surface area (TPSA) is 135 Å². The van der Waals surface area contributed by atoms with E-state index in [1.165, 1.54) is 18.2 Å². The first-order valence-electron chi connectivity index (χ1n) is 10.00. The number of amides is 1. The number of benzene rings is 2. The second kappa shape index (κ2) is 10.3. The summed E-state index contributed by atoms with van der Waals surface area (Å²) >= 11 is 0. The Bertz CT molecular complexity index is 1230. The normalized spacial score (nSPS) is 12.5. The maximum atomic E-state index is 12.8. The number of rotatable bonds is 11. The molecule has 3 aromatic rings. The molecular formula is C22H24N2O7S. The van der Waals surface area contributed by atoms with Gasteiger partial charge in [0.2, 0.25) is 10.0 Å². The number of sulfonamides is 1. The molecule has 1 amide bonds. The number of fused-ring (bicyclic) bond motifs is 3. The van der Waals surface area contributed by atoms with E-state index in [-0.39, 0.29) is 24.5 Å². The lowest BCUT2D eigenvalue weighted by Crippen LogP contribution is -2.40. The zero-order valence-corrected chi connectivity index (χ0v) is 18.1. The summed E-state index contributed by atoms with van der Waals surface area (Å²) in [4.78, 5) is 22.9. The molecule has 0 saturated carbocycles. The van der Waals surface area contributed by atoms with Gasteiger partial charge in [0.15, 0.2) is 0 Å². The highest BCUT2D eigenvalue weighted by Gasteiger charge is 2.25. The fraction of sp³-hybridized carbons (Fsp3) is 0.273. The van der Waals surface area contributed by atoms with E-state index in [9.17, 15) is 23.1 Å². The highest BCUT2D eigenvalue weighted by atomic mass is 32.2. The van der Waals surface area contributed by atoms with Crippen LogP contribution in [0.25, 0.3) is 21.9 Å². The third kappa shape index (κ3) is 5.65. The Hall–Kier alpha value is -3.37. The van der Waals surface area contributed by atoms with E-state index in [0.29, 0.717) is 29.4 Å². The number of carbonyl (C=O) groups excluding carboxylic acids is 1. The number of furan rings is 1. The summed E-state index contributed by atoms with van der Waals surface area (Å²) in [7, 11) is -4.08. The fourth-order valence-corrected chi connectivity index (χ4v) is 4.46. The maximum absolute atomic E-state index is 12.8. The summed E-state index contributed by atoms with van der Waals surface area (Å²) in [6.45, 7) is 3.80. The smallest absolute Gasteiger partial charge is 0.407 e. The van der Waals surface area contributed by atoms with Crippen LogP contribution in [0.4, 0.5) is 4.79 Å². The summed E-state index contributed by atoms with van der Waals surface area (Å²) in [5.74, 6) is -1.28. The van der Waals surface area contributed by atoms with Gasteiger partial charge in [-0.25, -0.2) is 13.2 Å². The molecule has 0 spiro atoms. The first-order chi connectivity index (χ1) is 15.3. The van der Waals surface area contributed by atoms with Crippen molar-refractivity contribution in [3.05, 3.63) is 55.1 Å². The molecule has 0 bridgehead atoms. The zero-order valence-electron chi connectivity index (χ0n) is 17.2. The molecule has 3 rings (SSSR count). The molecule has 0 aliphatic heterocycles. The number of unbranched alkanes of at least 4 members (excludes halogenated alkanes) is 1. The van der Waals surface area contributed by atoms with E-state index < -0.39 is 28.1 Å². The number of hydrogen-bond acceptors (Lipinski definition) is 6. The average Bonchev–Trinajstić information content (AvgIpc) is 3.14. The minimum Gasteiger partial charge on any atom is -0.480 e. The Labute approximate surface area is 185 Å². The van der Waals surface area contributed by atoms with Crippen molar-refractivity contribution in [1.82, 2.24) is 10.0 Å². The van der Waals surface area contributed by atoms with Crippen molar-refractivity contribution < 1.29 is 32.3 Å². The second-order valence-electron chi connectivity index (χ2n) is 7.08. The van der Waals surface area contributed by atoms with Crippen molar-refractivity contribution in [2.75, 3.05) is 13.2 Å². The number of ether oxygens (including phenoxy) is 1. The van der Waals surface area contributed by atoms with E-state index in [4.69, 9.17) is 9.15 Å². The zero-order chi connectivity index (χ0) is 23.1. The fourth-order valence-electron chi connectivity index (χ4n) is 3.21. The van der Waals surface area contributed by atoms with Gasteiger partial charge in [-0.1, -0.05) is 30.9 Å². The van der Waals surface area contributed by atoms with Gasteiger partial charge in [-0.15, -0.1) is 0 Å². The van der Waals surface area contributed by atoms with Crippen LogP contribution < -0.4 is 10.0 Å². The molecule has 10 heteroatoms. The highest BCUT2D eigenvalue weighted by molar-refractivity contribution is 7.89. The molecule has 0 radical (unpaired) electrons. The molecule has 32 heavy (non-hydrogen) atoms. The van der Waals surface area contributed by atoms with Crippen molar-refractivity contribution >= 4 is 44.0 Å².